The minimum Gasteiger partial charge on any atom is -0.494 e. The Balaban J connectivity index is 1.21. The van der Waals surface area contributed by atoms with Gasteiger partial charge in [-0.05, 0) is 36.8 Å². The first-order valence-electron chi connectivity index (χ1n) is 11.4. The first kappa shape index (κ1) is 21.7. The number of fused-ring (bicyclic) bond motifs is 1. The van der Waals surface area contributed by atoms with Crippen LogP contribution in [-0.4, -0.2) is 57.9 Å². The van der Waals surface area contributed by atoms with E-state index in [1.165, 1.54) is 5.56 Å². The van der Waals surface area contributed by atoms with E-state index in [0.29, 0.717) is 13.0 Å². The number of nitrogens with zero attached hydrogens (tertiary/aromatic N) is 4. The highest BCUT2D eigenvalue weighted by atomic mass is 32.1. The van der Waals surface area contributed by atoms with Gasteiger partial charge in [0.15, 0.2) is 4.96 Å². The highest BCUT2D eigenvalue weighted by molar-refractivity contribution is 7.15. The molecular weight excluding hydrogens is 432 g/mol. The van der Waals surface area contributed by atoms with Crippen LogP contribution in [0.5, 0.6) is 5.75 Å². The molecule has 5 rings (SSSR count). The van der Waals surface area contributed by atoms with Crippen LogP contribution in [-0.2, 0) is 17.8 Å². The van der Waals surface area contributed by atoms with Crippen LogP contribution in [0.15, 0.2) is 66.2 Å². The van der Waals surface area contributed by atoms with Gasteiger partial charge in [0.1, 0.15) is 5.75 Å². The molecule has 1 aliphatic rings. The highest BCUT2D eigenvalue weighted by Crippen LogP contribution is 2.26. The lowest BCUT2D eigenvalue weighted by Crippen LogP contribution is -2.48. The number of piperazine rings is 1. The van der Waals surface area contributed by atoms with Crippen molar-refractivity contribution >= 4 is 22.2 Å². The molecule has 0 aliphatic carbocycles. The number of amides is 1. The summed E-state index contributed by atoms with van der Waals surface area (Å²) in [6.07, 6.45) is 2.43. The van der Waals surface area contributed by atoms with Crippen LogP contribution in [0.4, 0.5) is 0 Å². The zero-order valence-corrected chi connectivity index (χ0v) is 19.6. The van der Waals surface area contributed by atoms with Crippen molar-refractivity contribution in [3.63, 3.8) is 0 Å². The van der Waals surface area contributed by atoms with E-state index in [9.17, 15) is 4.79 Å². The van der Waals surface area contributed by atoms with E-state index in [2.05, 4.69) is 33.6 Å². The molecule has 170 valence electrons. The van der Waals surface area contributed by atoms with Crippen molar-refractivity contribution in [3.8, 4) is 17.0 Å². The first-order chi connectivity index (χ1) is 16.2. The number of thiazole rings is 1. The molecule has 1 saturated heterocycles. The van der Waals surface area contributed by atoms with Crippen molar-refractivity contribution in [1.82, 2.24) is 19.2 Å². The number of carbonyl (C=O) groups is 1. The second-order valence-corrected chi connectivity index (χ2v) is 9.12. The highest BCUT2D eigenvalue weighted by Gasteiger charge is 2.22. The van der Waals surface area contributed by atoms with Gasteiger partial charge < -0.3 is 9.64 Å². The first-order valence-corrected chi connectivity index (χ1v) is 12.3. The van der Waals surface area contributed by atoms with E-state index in [1.54, 1.807) is 11.3 Å². The normalized spacial score (nSPS) is 14.6. The van der Waals surface area contributed by atoms with Gasteiger partial charge in [-0.1, -0.05) is 30.3 Å². The van der Waals surface area contributed by atoms with E-state index < -0.39 is 0 Å². The fourth-order valence-electron chi connectivity index (χ4n) is 4.25. The molecular formula is C26H28N4O2S. The molecule has 7 heteroatoms. The van der Waals surface area contributed by atoms with Crippen LogP contribution in [0.1, 0.15) is 18.2 Å². The van der Waals surface area contributed by atoms with Gasteiger partial charge in [0, 0.05) is 55.6 Å². The smallest absolute Gasteiger partial charge is 0.228 e. The monoisotopic (exact) mass is 460 g/mol. The Morgan fingerprint density at radius 3 is 2.52 bits per heavy atom. The van der Waals surface area contributed by atoms with Gasteiger partial charge in [0.2, 0.25) is 5.91 Å². The molecule has 0 radical (unpaired) electrons. The molecule has 33 heavy (non-hydrogen) atoms. The Bertz CT molecular complexity index is 1210. The summed E-state index contributed by atoms with van der Waals surface area (Å²) in [5, 5.41) is 2.05. The van der Waals surface area contributed by atoms with Crippen LogP contribution in [0.2, 0.25) is 0 Å². The second kappa shape index (κ2) is 9.77. The van der Waals surface area contributed by atoms with Gasteiger partial charge in [-0.3, -0.25) is 14.1 Å². The molecule has 0 bridgehead atoms. The molecule has 0 saturated carbocycles. The third kappa shape index (κ3) is 4.94. The minimum atomic E-state index is 0.186. The van der Waals surface area contributed by atoms with E-state index in [0.717, 1.165) is 60.4 Å². The average molecular weight is 461 g/mol. The maximum Gasteiger partial charge on any atom is 0.228 e. The van der Waals surface area contributed by atoms with Crippen molar-refractivity contribution in [2.24, 2.45) is 0 Å². The van der Waals surface area contributed by atoms with E-state index in [4.69, 9.17) is 9.72 Å². The topological polar surface area (TPSA) is 50.1 Å². The Hall–Kier alpha value is -3.16. The summed E-state index contributed by atoms with van der Waals surface area (Å²) >= 11 is 1.58. The van der Waals surface area contributed by atoms with Crippen LogP contribution in [0.3, 0.4) is 0 Å². The van der Waals surface area contributed by atoms with Crippen molar-refractivity contribution in [1.29, 1.82) is 0 Å². The van der Waals surface area contributed by atoms with Crippen LogP contribution >= 0.6 is 11.3 Å². The molecule has 0 atom stereocenters. The fraction of sp³-hybridized carbons (Fsp3) is 0.308. The maximum atomic E-state index is 13.0. The zero-order valence-electron chi connectivity index (χ0n) is 18.8. The van der Waals surface area contributed by atoms with E-state index in [-0.39, 0.29) is 5.91 Å². The molecule has 0 unspecified atom stereocenters. The van der Waals surface area contributed by atoms with Gasteiger partial charge in [-0.2, -0.15) is 0 Å². The average Bonchev–Trinajstić information content (AvgIpc) is 3.43. The summed E-state index contributed by atoms with van der Waals surface area (Å²) in [6, 6.07) is 18.5. The minimum absolute atomic E-state index is 0.186. The van der Waals surface area contributed by atoms with Gasteiger partial charge in [0.25, 0.3) is 0 Å². The molecule has 0 N–H and O–H groups in total. The summed E-state index contributed by atoms with van der Waals surface area (Å²) in [5.41, 5.74) is 4.27. The standard InChI is InChI=1S/C26H28N4O2S/c1-2-32-23-10-8-21(9-11-23)24-18-30-22(19-33-26(30)27-24)16-25(31)29-14-12-28(13-15-29)17-20-6-4-3-5-7-20/h3-11,18-19H,2,12-17H2,1H3. The quantitative estimate of drug-likeness (QED) is 0.412. The van der Waals surface area contributed by atoms with E-state index >= 15 is 0 Å². The van der Waals surface area contributed by atoms with Crippen LogP contribution in [0, 0.1) is 0 Å². The number of benzene rings is 2. The Labute approximate surface area is 198 Å². The summed E-state index contributed by atoms with van der Waals surface area (Å²) in [7, 11) is 0. The molecule has 4 aromatic rings. The lowest BCUT2D eigenvalue weighted by molar-refractivity contribution is -0.132. The summed E-state index contributed by atoms with van der Waals surface area (Å²) in [6.45, 7) is 6.95. The number of ether oxygens (including phenoxy) is 1. The second-order valence-electron chi connectivity index (χ2n) is 8.28. The number of carbonyl (C=O) groups excluding carboxylic acids is 1. The largest absolute Gasteiger partial charge is 0.494 e. The maximum absolute atomic E-state index is 13.0. The van der Waals surface area contributed by atoms with Crippen LogP contribution in [0.25, 0.3) is 16.2 Å². The fourth-order valence-corrected chi connectivity index (χ4v) is 5.12. The van der Waals surface area contributed by atoms with E-state index in [1.807, 2.05) is 53.7 Å². The number of hydrogen-bond acceptors (Lipinski definition) is 5. The van der Waals surface area contributed by atoms with Gasteiger partial charge in [-0.25, -0.2) is 4.98 Å². The number of hydrogen-bond donors (Lipinski definition) is 0. The predicted octanol–water partition coefficient (Wildman–Crippen LogP) is 4.35. The van der Waals surface area contributed by atoms with Crippen molar-refractivity contribution in [2.75, 3.05) is 32.8 Å². The number of imidazole rings is 1. The third-order valence-electron chi connectivity index (χ3n) is 6.05. The molecule has 1 aliphatic heterocycles. The predicted molar refractivity (Wildman–Crippen MR) is 132 cm³/mol. The van der Waals surface area contributed by atoms with Crippen LogP contribution < -0.4 is 4.74 Å². The molecule has 3 heterocycles. The number of rotatable bonds is 7. The molecule has 2 aromatic carbocycles. The Kier molecular flexibility index (Phi) is 6.41. The van der Waals surface area contributed by atoms with Crippen molar-refractivity contribution in [3.05, 3.63) is 77.4 Å². The van der Waals surface area contributed by atoms with Crippen molar-refractivity contribution in [2.45, 2.75) is 19.9 Å². The molecule has 6 nitrogen and oxygen atoms in total. The molecule has 1 amide bonds. The summed E-state index contributed by atoms with van der Waals surface area (Å²) in [5.74, 6) is 1.04. The molecule has 1 fully saturated rings. The SMILES string of the molecule is CCOc1ccc(-c2cn3c(CC(=O)N4CCN(Cc5ccccc5)CC4)csc3n2)cc1. The van der Waals surface area contributed by atoms with Crippen molar-refractivity contribution < 1.29 is 9.53 Å². The summed E-state index contributed by atoms with van der Waals surface area (Å²) < 4.78 is 7.58. The zero-order chi connectivity index (χ0) is 22.6. The number of aromatic nitrogens is 2. The molecule has 0 spiro atoms. The Morgan fingerprint density at radius 1 is 1.03 bits per heavy atom. The van der Waals surface area contributed by atoms with Gasteiger partial charge in [-0.15, -0.1) is 11.3 Å². The van der Waals surface area contributed by atoms with Gasteiger partial charge in [0.05, 0.1) is 18.7 Å². The Morgan fingerprint density at radius 2 is 1.79 bits per heavy atom. The molecule has 2 aromatic heterocycles. The summed E-state index contributed by atoms with van der Waals surface area (Å²) in [4.78, 5) is 23.1. The lowest BCUT2D eigenvalue weighted by Gasteiger charge is -2.34. The lowest BCUT2D eigenvalue weighted by atomic mass is 10.1. The third-order valence-corrected chi connectivity index (χ3v) is 6.94. The van der Waals surface area contributed by atoms with Gasteiger partial charge >= 0.3 is 0 Å².